The molecule has 5 heteroatoms. The van der Waals surface area contributed by atoms with Crippen molar-refractivity contribution in [1.29, 1.82) is 0 Å². The van der Waals surface area contributed by atoms with Crippen LogP contribution < -0.4 is 16.0 Å². The first-order valence-corrected chi connectivity index (χ1v) is 7.33. The minimum atomic E-state index is 0.0223. The van der Waals surface area contributed by atoms with Crippen molar-refractivity contribution < 1.29 is 4.79 Å². The molecule has 1 aliphatic rings. The van der Waals surface area contributed by atoms with E-state index in [4.69, 9.17) is 5.73 Å². The lowest BCUT2D eigenvalue weighted by atomic mass is 10.1. The molecule has 0 aromatic heterocycles. The Kier molecular flexibility index (Phi) is 4.47. The van der Waals surface area contributed by atoms with Crippen molar-refractivity contribution in [1.82, 2.24) is 5.32 Å². The van der Waals surface area contributed by atoms with Crippen molar-refractivity contribution in [2.75, 3.05) is 18.0 Å². The first-order chi connectivity index (χ1) is 8.97. The Labute approximate surface area is 122 Å². The summed E-state index contributed by atoms with van der Waals surface area (Å²) in [5.74, 6) is 0.0420. The number of hydrogen-bond donors (Lipinski definition) is 2. The molecule has 3 N–H and O–H groups in total. The van der Waals surface area contributed by atoms with Crippen LogP contribution in [0.4, 0.5) is 5.69 Å². The van der Waals surface area contributed by atoms with Crippen LogP contribution in [0, 0.1) is 0 Å². The lowest BCUT2D eigenvalue weighted by Gasteiger charge is -2.20. The molecule has 19 heavy (non-hydrogen) atoms. The van der Waals surface area contributed by atoms with Crippen LogP contribution in [0.5, 0.6) is 0 Å². The van der Waals surface area contributed by atoms with E-state index in [0.717, 1.165) is 29.5 Å². The molecule has 1 fully saturated rings. The van der Waals surface area contributed by atoms with Gasteiger partial charge in [0, 0.05) is 42.3 Å². The van der Waals surface area contributed by atoms with Gasteiger partial charge in [-0.2, -0.15) is 0 Å². The number of rotatable bonds is 3. The van der Waals surface area contributed by atoms with Gasteiger partial charge in [-0.1, -0.05) is 22.0 Å². The summed E-state index contributed by atoms with van der Waals surface area (Å²) in [6, 6.07) is 6.54. The second-order valence-corrected chi connectivity index (χ2v) is 5.98. The summed E-state index contributed by atoms with van der Waals surface area (Å²) in [4.78, 5) is 13.4. The van der Waals surface area contributed by atoms with Crippen LogP contribution in [0.2, 0.25) is 0 Å². The molecule has 1 heterocycles. The van der Waals surface area contributed by atoms with Crippen molar-refractivity contribution in [2.45, 2.75) is 32.4 Å². The van der Waals surface area contributed by atoms with Gasteiger partial charge >= 0.3 is 0 Å². The quantitative estimate of drug-likeness (QED) is 0.895. The van der Waals surface area contributed by atoms with Gasteiger partial charge in [0.25, 0.3) is 0 Å². The summed E-state index contributed by atoms with van der Waals surface area (Å²) >= 11 is 3.57. The van der Waals surface area contributed by atoms with E-state index in [0.29, 0.717) is 0 Å². The van der Waals surface area contributed by atoms with Gasteiger partial charge in [-0.3, -0.25) is 4.79 Å². The normalized spacial score (nSPS) is 20.4. The molecule has 1 saturated heterocycles. The topological polar surface area (TPSA) is 58.4 Å². The fraction of sp³-hybridized carbons (Fsp3) is 0.500. The fourth-order valence-corrected chi connectivity index (χ4v) is 3.21. The molecule has 1 aromatic carbocycles. The number of nitrogens with one attached hydrogen (secondary N) is 1. The van der Waals surface area contributed by atoms with Gasteiger partial charge < -0.3 is 16.0 Å². The molecular formula is C14H20BrN3O. The SMILES string of the molecule is CC(=O)NC1CCN(c2ccc([C@H](C)N)c(Br)c2)C1. The van der Waals surface area contributed by atoms with Gasteiger partial charge in [0.15, 0.2) is 0 Å². The Morgan fingerprint density at radius 3 is 2.89 bits per heavy atom. The van der Waals surface area contributed by atoms with Gasteiger partial charge in [0.2, 0.25) is 5.91 Å². The van der Waals surface area contributed by atoms with Crippen molar-refractivity contribution in [3.05, 3.63) is 28.2 Å². The van der Waals surface area contributed by atoms with Crippen LogP contribution >= 0.6 is 15.9 Å². The lowest BCUT2D eigenvalue weighted by Crippen LogP contribution is -2.35. The molecule has 4 nitrogen and oxygen atoms in total. The molecule has 1 amide bonds. The van der Waals surface area contributed by atoms with Crippen LogP contribution in [0.15, 0.2) is 22.7 Å². The minimum absolute atomic E-state index is 0.0223. The molecular weight excluding hydrogens is 306 g/mol. The lowest BCUT2D eigenvalue weighted by molar-refractivity contribution is -0.119. The molecule has 0 spiro atoms. The number of nitrogens with two attached hydrogens (primary N) is 1. The third-order valence-electron chi connectivity index (χ3n) is 3.44. The van der Waals surface area contributed by atoms with E-state index in [1.807, 2.05) is 6.92 Å². The highest BCUT2D eigenvalue weighted by atomic mass is 79.9. The molecule has 0 aliphatic carbocycles. The molecule has 1 aromatic rings. The van der Waals surface area contributed by atoms with Gasteiger partial charge in [-0.25, -0.2) is 0 Å². The van der Waals surface area contributed by atoms with Crippen molar-refractivity contribution >= 4 is 27.5 Å². The highest BCUT2D eigenvalue weighted by molar-refractivity contribution is 9.10. The van der Waals surface area contributed by atoms with Crippen LogP contribution in [0.25, 0.3) is 0 Å². The second-order valence-electron chi connectivity index (χ2n) is 5.13. The number of hydrogen-bond acceptors (Lipinski definition) is 3. The highest BCUT2D eigenvalue weighted by Gasteiger charge is 2.23. The van der Waals surface area contributed by atoms with Crippen molar-refractivity contribution in [3.8, 4) is 0 Å². The van der Waals surface area contributed by atoms with Crippen LogP contribution in [-0.4, -0.2) is 25.0 Å². The summed E-state index contributed by atoms with van der Waals surface area (Å²) < 4.78 is 1.04. The fourth-order valence-electron chi connectivity index (χ4n) is 2.48. The van der Waals surface area contributed by atoms with E-state index >= 15 is 0 Å². The smallest absolute Gasteiger partial charge is 0.217 e. The number of carbonyl (C=O) groups is 1. The maximum absolute atomic E-state index is 11.1. The van der Waals surface area contributed by atoms with Gasteiger partial charge in [-0.15, -0.1) is 0 Å². The molecule has 0 radical (unpaired) electrons. The maximum Gasteiger partial charge on any atom is 0.217 e. The number of nitrogens with zero attached hydrogens (tertiary/aromatic N) is 1. The van der Waals surface area contributed by atoms with E-state index < -0.39 is 0 Å². The Morgan fingerprint density at radius 1 is 1.58 bits per heavy atom. The largest absolute Gasteiger partial charge is 0.369 e. The molecule has 1 aliphatic heterocycles. The average Bonchev–Trinajstić information content (AvgIpc) is 2.75. The zero-order valence-corrected chi connectivity index (χ0v) is 12.9. The number of halogens is 1. The third kappa shape index (κ3) is 3.48. The Morgan fingerprint density at radius 2 is 2.32 bits per heavy atom. The zero-order chi connectivity index (χ0) is 14.0. The molecule has 2 rings (SSSR count). The zero-order valence-electron chi connectivity index (χ0n) is 11.3. The molecule has 104 valence electrons. The molecule has 0 saturated carbocycles. The average molecular weight is 326 g/mol. The Hall–Kier alpha value is -1.07. The highest BCUT2D eigenvalue weighted by Crippen LogP contribution is 2.29. The van der Waals surface area contributed by atoms with Gasteiger partial charge in [0.1, 0.15) is 0 Å². The Bertz CT molecular complexity index is 476. The van der Waals surface area contributed by atoms with E-state index in [9.17, 15) is 4.79 Å². The first-order valence-electron chi connectivity index (χ1n) is 6.54. The Balaban J connectivity index is 2.07. The van der Waals surface area contributed by atoms with Crippen molar-refractivity contribution in [2.24, 2.45) is 5.73 Å². The number of anilines is 1. The van der Waals surface area contributed by atoms with Gasteiger partial charge in [0.05, 0.1) is 0 Å². The number of amides is 1. The minimum Gasteiger partial charge on any atom is -0.369 e. The van der Waals surface area contributed by atoms with Crippen molar-refractivity contribution in [3.63, 3.8) is 0 Å². The van der Waals surface area contributed by atoms with Crippen LogP contribution in [0.3, 0.4) is 0 Å². The van der Waals surface area contributed by atoms with Gasteiger partial charge in [-0.05, 0) is 31.0 Å². The standard InChI is InChI=1S/C14H20BrN3O/c1-9(16)13-4-3-12(7-14(13)15)18-6-5-11(8-18)17-10(2)19/h3-4,7,9,11H,5-6,8,16H2,1-2H3,(H,17,19)/t9-,11?/m0/s1. The predicted octanol–water partition coefficient (Wildman–Crippen LogP) is 2.18. The monoisotopic (exact) mass is 325 g/mol. The third-order valence-corrected chi connectivity index (χ3v) is 4.12. The maximum atomic E-state index is 11.1. The molecule has 1 unspecified atom stereocenters. The van der Waals surface area contributed by atoms with E-state index in [-0.39, 0.29) is 18.0 Å². The summed E-state index contributed by atoms with van der Waals surface area (Å²) in [6.07, 6.45) is 0.992. The number of carbonyl (C=O) groups excluding carboxylic acids is 1. The first kappa shape index (κ1) is 14.3. The predicted molar refractivity (Wildman–Crippen MR) is 81.2 cm³/mol. The second kappa shape index (κ2) is 5.92. The van der Waals surface area contributed by atoms with Crippen LogP contribution in [-0.2, 0) is 4.79 Å². The summed E-state index contributed by atoms with van der Waals surface area (Å²) in [7, 11) is 0. The van der Waals surface area contributed by atoms with E-state index in [1.54, 1.807) is 6.92 Å². The summed E-state index contributed by atoms with van der Waals surface area (Å²) in [5, 5.41) is 2.97. The number of benzene rings is 1. The summed E-state index contributed by atoms with van der Waals surface area (Å²) in [6.45, 7) is 5.37. The molecule has 2 atom stereocenters. The van der Waals surface area contributed by atoms with E-state index in [1.165, 1.54) is 5.69 Å². The van der Waals surface area contributed by atoms with Crippen LogP contribution in [0.1, 0.15) is 31.9 Å². The summed E-state index contributed by atoms with van der Waals surface area (Å²) in [5.41, 5.74) is 8.19. The molecule has 0 bridgehead atoms. The van der Waals surface area contributed by atoms with E-state index in [2.05, 4.69) is 44.3 Å².